The van der Waals surface area contributed by atoms with Crippen LogP contribution in [0.25, 0.3) is 10.8 Å². The zero-order valence-electron chi connectivity index (χ0n) is 10.8. The number of carbonyl (C=O) groups excluding carboxylic acids is 1. The molecule has 0 bridgehead atoms. The first kappa shape index (κ1) is 13.7. The number of hydrogen-bond acceptors (Lipinski definition) is 3. The van der Waals surface area contributed by atoms with E-state index in [1.54, 1.807) is 18.2 Å². The van der Waals surface area contributed by atoms with Gasteiger partial charge in [0.2, 0.25) is 0 Å². The maximum absolute atomic E-state index is 12.1. The maximum atomic E-state index is 12.1. The van der Waals surface area contributed by atoms with E-state index in [-0.39, 0.29) is 10.7 Å². The molecule has 0 aromatic heterocycles. The van der Waals surface area contributed by atoms with Gasteiger partial charge in [-0.2, -0.15) is 0 Å². The summed E-state index contributed by atoms with van der Waals surface area (Å²) in [7, 11) is -3.52. The zero-order chi connectivity index (χ0) is 13.9. The molecule has 0 N–H and O–H groups in total. The van der Waals surface area contributed by atoms with Crippen molar-refractivity contribution in [2.75, 3.05) is 5.75 Å². The molecule has 4 heteroatoms. The minimum Gasteiger partial charge on any atom is -0.299 e. The monoisotopic (exact) mass is 276 g/mol. The van der Waals surface area contributed by atoms with Crippen molar-refractivity contribution >= 4 is 26.4 Å². The molecule has 19 heavy (non-hydrogen) atoms. The van der Waals surface area contributed by atoms with Gasteiger partial charge in [0.1, 0.15) is 11.5 Å². The largest absolute Gasteiger partial charge is 0.299 e. The average Bonchev–Trinajstić information content (AvgIpc) is 2.37. The van der Waals surface area contributed by atoms with Gasteiger partial charge in [-0.05, 0) is 29.3 Å². The second kappa shape index (κ2) is 5.53. The summed E-state index contributed by atoms with van der Waals surface area (Å²) in [5.41, 5.74) is 0. The molecule has 2 aromatic carbocycles. The number of fused-ring (bicyclic) bond motifs is 1. The molecule has 0 aliphatic carbocycles. The maximum Gasteiger partial charge on any atom is 0.185 e. The van der Waals surface area contributed by atoms with Crippen LogP contribution < -0.4 is 0 Å². The van der Waals surface area contributed by atoms with Crippen LogP contribution in [0.2, 0.25) is 0 Å². The fraction of sp³-hybridized carbons (Fsp3) is 0.267. The zero-order valence-corrected chi connectivity index (χ0v) is 11.6. The highest BCUT2D eigenvalue weighted by Gasteiger charge is 2.18. The van der Waals surface area contributed by atoms with Crippen molar-refractivity contribution in [1.82, 2.24) is 0 Å². The Morgan fingerprint density at radius 3 is 2.42 bits per heavy atom. The lowest BCUT2D eigenvalue weighted by atomic mass is 10.1. The number of carbonyl (C=O) groups is 1. The highest BCUT2D eigenvalue weighted by molar-refractivity contribution is 7.92. The first-order valence-electron chi connectivity index (χ1n) is 6.26. The summed E-state index contributed by atoms with van der Waals surface area (Å²) < 4.78 is 24.3. The molecule has 0 saturated carbocycles. The summed E-state index contributed by atoms with van der Waals surface area (Å²) in [4.78, 5) is 11.7. The van der Waals surface area contributed by atoms with Crippen LogP contribution in [0.1, 0.15) is 19.8 Å². The highest BCUT2D eigenvalue weighted by Crippen LogP contribution is 2.20. The van der Waals surface area contributed by atoms with Crippen molar-refractivity contribution in [2.24, 2.45) is 0 Å². The lowest BCUT2D eigenvalue weighted by Crippen LogP contribution is -2.15. The number of benzene rings is 2. The van der Waals surface area contributed by atoms with E-state index in [4.69, 9.17) is 0 Å². The SMILES string of the molecule is CCCC(=O)CS(=O)(=O)c1ccc2ccccc2c1. The number of ketones is 1. The van der Waals surface area contributed by atoms with Crippen molar-refractivity contribution in [3.63, 3.8) is 0 Å². The van der Waals surface area contributed by atoms with Crippen LogP contribution in [-0.2, 0) is 14.6 Å². The van der Waals surface area contributed by atoms with Crippen molar-refractivity contribution in [3.05, 3.63) is 42.5 Å². The topological polar surface area (TPSA) is 51.2 Å². The third kappa shape index (κ3) is 3.20. The lowest BCUT2D eigenvalue weighted by Gasteiger charge is -2.05. The second-order valence-electron chi connectivity index (χ2n) is 4.56. The summed E-state index contributed by atoms with van der Waals surface area (Å²) in [5.74, 6) is -0.630. The molecule has 0 radical (unpaired) electrons. The minimum absolute atomic E-state index is 0.218. The molecule has 0 aliphatic heterocycles. The molecule has 0 saturated heterocycles. The van der Waals surface area contributed by atoms with Gasteiger partial charge in [0.15, 0.2) is 9.84 Å². The van der Waals surface area contributed by atoms with Crippen LogP contribution in [0.15, 0.2) is 47.4 Å². The third-order valence-electron chi connectivity index (χ3n) is 2.96. The summed E-state index contributed by atoms with van der Waals surface area (Å²) >= 11 is 0. The van der Waals surface area contributed by atoms with Crippen molar-refractivity contribution in [3.8, 4) is 0 Å². The fourth-order valence-corrected chi connectivity index (χ4v) is 3.32. The van der Waals surface area contributed by atoms with E-state index in [0.717, 1.165) is 10.8 Å². The quantitative estimate of drug-likeness (QED) is 0.843. The molecule has 0 heterocycles. The molecule has 0 spiro atoms. The van der Waals surface area contributed by atoms with E-state index in [1.807, 2.05) is 31.2 Å². The van der Waals surface area contributed by atoms with Gasteiger partial charge in [0.05, 0.1) is 4.90 Å². The molecule has 0 unspecified atom stereocenters. The summed E-state index contributed by atoms with van der Waals surface area (Å²) in [6, 6.07) is 12.5. The summed E-state index contributed by atoms with van der Waals surface area (Å²) in [6.07, 6.45) is 0.985. The Kier molecular flexibility index (Phi) is 4.00. The van der Waals surface area contributed by atoms with Crippen LogP contribution in [0.4, 0.5) is 0 Å². The molecular weight excluding hydrogens is 260 g/mol. The highest BCUT2D eigenvalue weighted by atomic mass is 32.2. The van der Waals surface area contributed by atoms with Gasteiger partial charge in [-0.15, -0.1) is 0 Å². The van der Waals surface area contributed by atoms with Crippen LogP contribution in [0.3, 0.4) is 0 Å². The van der Waals surface area contributed by atoms with Crippen LogP contribution in [0.5, 0.6) is 0 Å². The average molecular weight is 276 g/mol. The number of sulfone groups is 1. The predicted molar refractivity (Wildman–Crippen MR) is 75.9 cm³/mol. The van der Waals surface area contributed by atoms with Crippen molar-refractivity contribution in [2.45, 2.75) is 24.7 Å². The molecular formula is C15H16O3S. The minimum atomic E-state index is -3.52. The van der Waals surface area contributed by atoms with Gasteiger partial charge in [-0.1, -0.05) is 37.3 Å². The van der Waals surface area contributed by atoms with E-state index in [1.165, 1.54) is 0 Å². The molecule has 2 aromatic rings. The van der Waals surface area contributed by atoms with Gasteiger partial charge < -0.3 is 0 Å². The van der Waals surface area contributed by atoms with Crippen molar-refractivity contribution < 1.29 is 13.2 Å². The lowest BCUT2D eigenvalue weighted by molar-refractivity contribution is -0.116. The Labute approximate surface area is 113 Å². The number of rotatable bonds is 5. The summed E-state index contributed by atoms with van der Waals surface area (Å²) in [6.45, 7) is 1.86. The van der Waals surface area contributed by atoms with Gasteiger partial charge in [-0.25, -0.2) is 8.42 Å². The number of hydrogen-bond donors (Lipinski definition) is 0. The standard InChI is InChI=1S/C15H16O3S/c1-2-5-14(16)11-19(17,18)15-9-8-12-6-3-4-7-13(12)10-15/h3-4,6-10H,2,5,11H2,1H3. The van der Waals surface area contributed by atoms with E-state index in [0.29, 0.717) is 12.8 Å². The third-order valence-corrected chi connectivity index (χ3v) is 4.63. The Morgan fingerprint density at radius 2 is 1.74 bits per heavy atom. The normalized spacial score (nSPS) is 11.6. The van der Waals surface area contributed by atoms with Gasteiger partial charge >= 0.3 is 0 Å². The first-order chi connectivity index (χ1) is 9.03. The molecule has 0 fully saturated rings. The van der Waals surface area contributed by atoms with Gasteiger partial charge in [-0.3, -0.25) is 4.79 Å². The van der Waals surface area contributed by atoms with E-state index in [9.17, 15) is 13.2 Å². The number of Topliss-reactive ketones (excluding diaryl/α,β-unsaturated/α-hetero) is 1. The van der Waals surface area contributed by atoms with E-state index in [2.05, 4.69) is 0 Å². The van der Waals surface area contributed by atoms with Crippen molar-refractivity contribution in [1.29, 1.82) is 0 Å². The van der Waals surface area contributed by atoms with Gasteiger partial charge in [0.25, 0.3) is 0 Å². The second-order valence-corrected chi connectivity index (χ2v) is 6.55. The Bertz CT molecular complexity index is 702. The Balaban J connectivity index is 2.35. The van der Waals surface area contributed by atoms with E-state index < -0.39 is 15.6 Å². The molecule has 100 valence electrons. The first-order valence-corrected chi connectivity index (χ1v) is 7.91. The van der Waals surface area contributed by atoms with Crippen LogP contribution in [0, 0.1) is 0 Å². The van der Waals surface area contributed by atoms with Gasteiger partial charge in [0, 0.05) is 6.42 Å². The Hall–Kier alpha value is -1.68. The molecule has 0 amide bonds. The molecule has 3 nitrogen and oxygen atoms in total. The molecule has 2 rings (SSSR count). The molecule has 0 aliphatic rings. The predicted octanol–water partition coefficient (Wildman–Crippen LogP) is 2.98. The Morgan fingerprint density at radius 1 is 1.05 bits per heavy atom. The molecule has 0 atom stereocenters. The van der Waals surface area contributed by atoms with E-state index >= 15 is 0 Å². The smallest absolute Gasteiger partial charge is 0.185 e. The fourth-order valence-electron chi connectivity index (χ4n) is 2.01. The van der Waals surface area contributed by atoms with Crippen LogP contribution >= 0.6 is 0 Å². The van der Waals surface area contributed by atoms with Crippen LogP contribution in [-0.4, -0.2) is 20.0 Å². The summed E-state index contributed by atoms with van der Waals surface area (Å²) in [5, 5.41) is 1.85.